The van der Waals surface area contributed by atoms with Gasteiger partial charge >= 0.3 is 5.97 Å². The smallest absolute Gasteiger partial charge is 0.326 e. The van der Waals surface area contributed by atoms with Crippen molar-refractivity contribution < 1.29 is 9.90 Å². The van der Waals surface area contributed by atoms with Gasteiger partial charge in [0, 0.05) is 11.8 Å². The molecule has 0 aliphatic rings. The number of rotatable bonds is 5. The number of benzene rings is 1. The van der Waals surface area contributed by atoms with Crippen LogP contribution in [0.1, 0.15) is 22.3 Å². The lowest BCUT2D eigenvalue weighted by Gasteiger charge is -2.01. The second-order valence-corrected chi connectivity index (χ2v) is 4.91. The minimum absolute atomic E-state index is 0.440. The molecule has 0 aliphatic heterocycles. The first-order valence-electron chi connectivity index (χ1n) is 5.63. The maximum absolute atomic E-state index is 10.7. The number of aromatic nitrogens is 1. The molecule has 18 heavy (non-hydrogen) atoms. The zero-order valence-electron chi connectivity index (χ0n) is 9.74. The Labute approximate surface area is 109 Å². The SMILES string of the molecule is NC(C(=O)O)c1csc(CCc2ccccc2)n1. The lowest BCUT2D eigenvalue weighted by Crippen LogP contribution is -2.20. The summed E-state index contributed by atoms with van der Waals surface area (Å²) in [5, 5.41) is 11.4. The third-order valence-corrected chi connectivity index (χ3v) is 3.55. The van der Waals surface area contributed by atoms with Crippen molar-refractivity contribution in [2.75, 3.05) is 0 Å². The average Bonchev–Trinajstić information content (AvgIpc) is 2.85. The van der Waals surface area contributed by atoms with Crippen molar-refractivity contribution >= 4 is 17.3 Å². The molecule has 1 aromatic carbocycles. The summed E-state index contributed by atoms with van der Waals surface area (Å²) in [6.07, 6.45) is 1.71. The number of carbonyl (C=O) groups is 1. The van der Waals surface area contributed by atoms with Gasteiger partial charge in [-0.3, -0.25) is 4.79 Å². The number of hydrogen-bond donors (Lipinski definition) is 2. The maximum Gasteiger partial charge on any atom is 0.326 e. The Morgan fingerprint density at radius 2 is 2.06 bits per heavy atom. The van der Waals surface area contributed by atoms with Crippen molar-refractivity contribution in [3.8, 4) is 0 Å². The molecule has 5 heteroatoms. The third kappa shape index (κ3) is 3.15. The molecular weight excluding hydrogens is 248 g/mol. The van der Waals surface area contributed by atoms with Crippen LogP contribution in [0, 0.1) is 0 Å². The average molecular weight is 262 g/mol. The number of nitrogens with two attached hydrogens (primary N) is 1. The fraction of sp³-hybridized carbons (Fsp3) is 0.231. The van der Waals surface area contributed by atoms with Crippen LogP contribution in [0.4, 0.5) is 0 Å². The highest BCUT2D eigenvalue weighted by atomic mass is 32.1. The van der Waals surface area contributed by atoms with Crippen LogP contribution in [0.3, 0.4) is 0 Å². The molecule has 0 saturated carbocycles. The maximum atomic E-state index is 10.7. The number of aryl methyl sites for hydroxylation is 2. The van der Waals surface area contributed by atoms with Gasteiger partial charge in [-0.2, -0.15) is 0 Å². The second kappa shape index (κ2) is 5.75. The van der Waals surface area contributed by atoms with E-state index in [0.717, 1.165) is 17.8 Å². The number of thiazole rings is 1. The van der Waals surface area contributed by atoms with E-state index in [4.69, 9.17) is 10.8 Å². The molecule has 0 aliphatic carbocycles. The Bertz CT molecular complexity index is 525. The van der Waals surface area contributed by atoms with Gasteiger partial charge in [0.2, 0.25) is 0 Å². The van der Waals surface area contributed by atoms with Gasteiger partial charge in [0.1, 0.15) is 6.04 Å². The van der Waals surface area contributed by atoms with E-state index >= 15 is 0 Å². The number of carboxylic acid groups (broad SMARTS) is 1. The highest BCUT2D eigenvalue weighted by Gasteiger charge is 2.17. The Kier molecular flexibility index (Phi) is 4.07. The van der Waals surface area contributed by atoms with E-state index in [1.807, 2.05) is 18.2 Å². The van der Waals surface area contributed by atoms with Gasteiger partial charge in [-0.15, -0.1) is 11.3 Å². The lowest BCUT2D eigenvalue weighted by molar-refractivity contribution is -0.138. The first kappa shape index (κ1) is 12.7. The molecule has 2 aromatic rings. The van der Waals surface area contributed by atoms with Crippen molar-refractivity contribution in [1.29, 1.82) is 0 Å². The zero-order valence-corrected chi connectivity index (χ0v) is 10.6. The van der Waals surface area contributed by atoms with Gasteiger partial charge in [0.25, 0.3) is 0 Å². The van der Waals surface area contributed by atoms with E-state index in [0.29, 0.717) is 5.69 Å². The minimum Gasteiger partial charge on any atom is -0.480 e. The first-order valence-corrected chi connectivity index (χ1v) is 6.51. The van der Waals surface area contributed by atoms with Crippen LogP contribution in [0.15, 0.2) is 35.7 Å². The summed E-state index contributed by atoms with van der Waals surface area (Å²) in [4.78, 5) is 15.0. The van der Waals surface area contributed by atoms with Crippen molar-refractivity contribution in [2.24, 2.45) is 5.73 Å². The molecule has 0 fully saturated rings. The monoisotopic (exact) mass is 262 g/mol. The largest absolute Gasteiger partial charge is 0.480 e. The summed E-state index contributed by atoms with van der Waals surface area (Å²) in [5.74, 6) is -1.05. The first-order chi connectivity index (χ1) is 8.66. The fourth-order valence-corrected chi connectivity index (χ4v) is 2.44. The fourth-order valence-electron chi connectivity index (χ4n) is 1.61. The Morgan fingerprint density at radius 3 is 2.72 bits per heavy atom. The number of nitrogens with zero attached hydrogens (tertiary/aromatic N) is 1. The summed E-state index contributed by atoms with van der Waals surface area (Å²) in [5.41, 5.74) is 7.19. The van der Waals surface area contributed by atoms with Crippen LogP contribution in [-0.2, 0) is 17.6 Å². The lowest BCUT2D eigenvalue weighted by atomic mass is 10.1. The third-order valence-electron chi connectivity index (χ3n) is 2.62. The molecule has 0 bridgehead atoms. The molecule has 1 unspecified atom stereocenters. The van der Waals surface area contributed by atoms with Crippen LogP contribution in [0.5, 0.6) is 0 Å². The van der Waals surface area contributed by atoms with E-state index in [9.17, 15) is 4.79 Å². The molecule has 0 spiro atoms. The molecule has 1 aromatic heterocycles. The van der Waals surface area contributed by atoms with Gasteiger partial charge < -0.3 is 10.8 Å². The second-order valence-electron chi connectivity index (χ2n) is 3.97. The molecular formula is C13H14N2O2S. The van der Waals surface area contributed by atoms with E-state index in [1.165, 1.54) is 16.9 Å². The molecule has 4 nitrogen and oxygen atoms in total. The standard InChI is InChI=1S/C13H14N2O2S/c14-12(13(16)17)10-8-18-11(15-10)7-6-9-4-2-1-3-5-9/h1-5,8,12H,6-7,14H2,(H,16,17). The predicted molar refractivity (Wildman–Crippen MR) is 70.5 cm³/mol. The van der Waals surface area contributed by atoms with E-state index in [1.54, 1.807) is 5.38 Å². The van der Waals surface area contributed by atoms with Crippen LogP contribution in [0.25, 0.3) is 0 Å². The van der Waals surface area contributed by atoms with E-state index < -0.39 is 12.0 Å². The Hall–Kier alpha value is -1.72. The number of hydrogen-bond acceptors (Lipinski definition) is 4. The van der Waals surface area contributed by atoms with Crippen molar-refractivity contribution in [1.82, 2.24) is 4.98 Å². The van der Waals surface area contributed by atoms with E-state index in [2.05, 4.69) is 17.1 Å². The van der Waals surface area contributed by atoms with Crippen molar-refractivity contribution in [2.45, 2.75) is 18.9 Å². The summed E-state index contributed by atoms with van der Waals surface area (Å²) >= 11 is 1.46. The molecule has 0 amide bonds. The van der Waals surface area contributed by atoms with Crippen LogP contribution in [0.2, 0.25) is 0 Å². The molecule has 1 atom stereocenters. The van der Waals surface area contributed by atoms with Crippen molar-refractivity contribution in [3.63, 3.8) is 0 Å². The highest BCUT2D eigenvalue weighted by molar-refractivity contribution is 7.09. The van der Waals surface area contributed by atoms with Gasteiger partial charge in [0.05, 0.1) is 10.7 Å². The van der Waals surface area contributed by atoms with E-state index in [-0.39, 0.29) is 0 Å². The molecule has 3 N–H and O–H groups in total. The van der Waals surface area contributed by atoms with Gasteiger partial charge in [0.15, 0.2) is 0 Å². The summed E-state index contributed by atoms with van der Waals surface area (Å²) < 4.78 is 0. The predicted octanol–water partition coefficient (Wildman–Crippen LogP) is 2.01. The molecule has 1 heterocycles. The number of aliphatic carboxylic acids is 1. The molecule has 0 saturated heterocycles. The quantitative estimate of drug-likeness (QED) is 0.864. The van der Waals surface area contributed by atoms with Gasteiger partial charge in [-0.05, 0) is 12.0 Å². The van der Waals surface area contributed by atoms with Gasteiger partial charge in [-0.25, -0.2) is 4.98 Å². The van der Waals surface area contributed by atoms with Crippen LogP contribution >= 0.6 is 11.3 Å². The topological polar surface area (TPSA) is 76.2 Å². The summed E-state index contributed by atoms with van der Waals surface area (Å²) in [7, 11) is 0. The summed E-state index contributed by atoms with van der Waals surface area (Å²) in [6, 6.07) is 9.10. The van der Waals surface area contributed by atoms with Crippen LogP contribution in [-0.4, -0.2) is 16.1 Å². The molecule has 94 valence electrons. The van der Waals surface area contributed by atoms with Crippen LogP contribution < -0.4 is 5.73 Å². The van der Waals surface area contributed by atoms with Crippen molar-refractivity contribution in [3.05, 3.63) is 52.0 Å². The summed E-state index contributed by atoms with van der Waals surface area (Å²) in [6.45, 7) is 0. The number of carboxylic acids is 1. The normalized spacial score (nSPS) is 12.3. The molecule has 2 rings (SSSR count). The molecule has 0 radical (unpaired) electrons. The zero-order chi connectivity index (χ0) is 13.0. The van der Waals surface area contributed by atoms with Gasteiger partial charge in [-0.1, -0.05) is 30.3 Å². The minimum atomic E-state index is -1.05. The Morgan fingerprint density at radius 1 is 1.33 bits per heavy atom. The Balaban J connectivity index is 1.97. The highest BCUT2D eigenvalue weighted by Crippen LogP contribution is 2.17.